The van der Waals surface area contributed by atoms with Gasteiger partial charge in [0.15, 0.2) is 0 Å². The van der Waals surface area contributed by atoms with Gasteiger partial charge in [0.2, 0.25) is 0 Å². The highest BCUT2D eigenvalue weighted by molar-refractivity contribution is 5.80. The molecule has 2 atom stereocenters. The molecule has 0 fully saturated rings. The highest BCUT2D eigenvalue weighted by Crippen LogP contribution is 2.17. The molecule has 0 aromatic rings. The van der Waals surface area contributed by atoms with Crippen LogP contribution in [0.5, 0.6) is 0 Å². The van der Waals surface area contributed by atoms with Crippen molar-refractivity contribution >= 4 is 5.97 Å². The largest absolute Gasteiger partial charge is 0.468 e. The van der Waals surface area contributed by atoms with Crippen molar-refractivity contribution in [3.8, 4) is 0 Å². The molecule has 0 bridgehead atoms. The Labute approximate surface area is 105 Å². The number of ether oxygens (including phenoxy) is 2. The fraction of sp³-hybridized carbons (Fsp3) is 0.923. The highest BCUT2D eigenvalue weighted by atomic mass is 16.5. The first kappa shape index (κ1) is 16.4. The molecule has 0 rings (SSSR count). The van der Waals surface area contributed by atoms with Crippen molar-refractivity contribution in [3.63, 3.8) is 0 Å². The molecule has 1 N–H and O–H groups in total. The van der Waals surface area contributed by atoms with Crippen LogP contribution in [0.4, 0.5) is 0 Å². The molecule has 0 spiro atoms. The van der Waals surface area contributed by atoms with E-state index in [0.717, 1.165) is 13.0 Å². The van der Waals surface area contributed by atoms with Gasteiger partial charge in [-0.3, -0.25) is 10.1 Å². The minimum Gasteiger partial charge on any atom is -0.468 e. The van der Waals surface area contributed by atoms with E-state index in [0.29, 0.717) is 6.42 Å². The standard InChI is InChI=1S/C13H27NO3/c1-7-8-17-11(4)9-13(5,12(15)16-6)14-10(2)3/h10-11,14H,7-9H2,1-6H3. The molecule has 0 aliphatic rings. The molecule has 17 heavy (non-hydrogen) atoms. The summed E-state index contributed by atoms with van der Waals surface area (Å²) >= 11 is 0. The van der Waals surface area contributed by atoms with E-state index >= 15 is 0 Å². The molecule has 4 heteroatoms. The monoisotopic (exact) mass is 245 g/mol. The lowest BCUT2D eigenvalue weighted by atomic mass is 9.93. The van der Waals surface area contributed by atoms with E-state index in [1.807, 2.05) is 27.7 Å². The Morgan fingerprint density at radius 3 is 2.35 bits per heavy atom. The maximum absolute atomic E-state index is 11.8. The first-order chi connectivity index (χ1) is 7.85. The summed E-state index contributed by atoms with van der Waals surface area (Å²) in [5, 5.41) is 3.26. The number of carbonyl (C=O) groups is 1. The molecule has 0 aliphatic carbocycles. The Kier molecular flexibility index (Phi) is 7.39. The van der Waals surface area contributed by atoms with Crippen molar-refractivity contribution < 1.29 is 14.3 Å². The molecular weight excluding hydrogens is 218 g/mol. The van der Waals surface area contributed by atoms with Gasteiger partial charge in [0.25, 0.3) is 0 Å². The maximum Gasteiger partial charge on any atom is 0.325 e. The van der Waals surface area contributed by atoms with Crippen LogP contribution in [0.15, 0.2) is 0 Å². The van der Waals surface area contributed by atoms with E-state index in [1.165, 1.54) is 7.11 Å². The van der Waals surface area contributed by atoms with Crippen LogP contribution in [-0.2, 0) is 14.3 Å². The lowest BCUT2D eigenvalue weighted by Gasteiger charge is -2.32. The molecule has 0 radical (unpaired) electrons. The number of rotatable bonds is 8. The van der Waals surface area contributed by atoms with Crippen LogP contribution < -0.4 is 5.32 Å². The molecule has 0 saturated heterocycles. The van der Waals surface area contributed by atoms with Gasteiger partial charge in [-0.25, -0.2) is 0 Å². The second-order valence-electron chi connectivity index (χ2n) is 5.01. The van der Waals surface area contributed by atoms with E-state index in [1.54, 1.807) is 0 Å². The van der Waals surface area contributed by atoms with E-state index in [-0.39, 0.29) is 18.1 Å². The Morgan fingerprint density at radius 1 is 1.35 bits per heavy atom. The minimum absolute atomic E-state index is 0.0327. The van der Waals surface area contributed by atoms with Crippen molar-refractivity contribution in [2.45, 2.75) is 65.1 Å². The topological polar surface area (TPSA) is 47.6 Å². The zero-order valence-electron chi connectivity index (χ0n) is 12.0. The molecule has 4 nitrogen and oxygen atoms in total. The van der Waals surface area contributed by atoms with Crippen LogP contribution in [0, 0.1) is 0 Å². The van der Waals surface area contributed by atoms with Crippen molar-refractivity contribution in [1.82, 2.24) is 5.32 Å². The number of hydrogen-bond acceptors (Lipinski definition) is 4. The number of hydrogen-bond donors (Lipinski definition) is 1. The van der Waals surface area contributed by atoms with Gasteiger partial charge in [-0.1, -0.05) is 6.92 Å². The fourth-order valence-corrected chi connectivity index (χ4v) is 2.02. The minimum atomic E-state index is -0.684. The van der Waals surface area contributed by atoms with E-state index in [2.05, 4.69) is 12.2 Å². The number of carbonyl (C=O) groups excluding carboxylic acids is 1. The summed E-state index contributed by atoms with van der Waals surface area (Å²) < 4.78 is 10.5. The van der Waals surface area contributed by atoms with Crippen LogP contribution in [0.3, 0.4) is 0 Å². The second kappa shape index (κ2) is 7.67. The first-order valence-electron chi connectivity index (χ1n) is 6.33. The van der Waals surface area contributed by atoms with Crippen molar-refractivity contribution in [3.05, 3.63) is 0 Å². The third-order valence-electron chi connectivity index (χ3n) is 2.55. The van der Waals surface area contributed by atoms with Crippen LogP contribution in [0.2, 0.25) is 0 Å². The molecule has 0 heterocycles. The fourth-order valence-electron chi connectivity index (χ4n) is 2.02. The van der Waals surface area contributed by atoms with E-state index < -0.39 is 5.54 Å². The quantitative estimate of drug-likeness (QED) is 0.665. The number of methoxy groups -OCH3 is 1. The van der Waals surface area contributed by atoms with E-state index in [4.69, 9.17) is 9.47 Å². The van der Waals surface area contributed by atoms with Gasteiger partial charge in [-0.15, -0.1) is 0 Å². The van der Waals surface area contributed by atoms with Gasteiger partial charge in [0, 0.05) is 19.1 Å². The predicted octanol–water partition coefficient (Wildman–Crippen LogP) is 2.12. The number of nitrogens with one attached hydrogen (secondary N) is 1. The van der Waals surface area contributed by atoms with Gasteiger partial charge >= 0.3 is 5.97 Å². The smallest absolute Gasteiger partial charge is 0.325 e. The SMILES string of the molecule is CCCOC(C)CC(C)(NC(C)C)C(=O)OC. The molecule has 102 valence electrons. The molecule has 0 amide bonds. The first-order valence-corrected chi connectivity index (χ1v) is 6.33. The maximum atomic E-state index is 11.8. The van der Waals surface area contributed by atoms with Gasteiger partial charge in [0.1, 0.15) is 5.54 Å². The highest BCUT2D eigenvalue weighted by Gasteiger charge is 2.36. The average Bonchev–Trinajstić information content (AvgIpc) is 2.23. The lowest BCUT2D eigenvalue weighted by molar-refractivity contribution is -0.150. The third-order valence-corrected chi connectivity index (χ3v) is 2.55. The lowest BCUT2D eigenvalue weighted by Crippen LogP contribution is -2.54. The van der Waals surface area contributed by atoms with Crippen LogP contribution in [-0.4, -0.2) is 37.4 Å². The van der Waals surface area contributed by atoms with Gasteiger partial charge in [-0.05, 0) is 34.1 Å². The summed E-state index contributed by atoms with van der Waals surface area (Å²) in [7, 11) is 1.42. The van der Waals surface area contributed by atoms with Crippen molar-refractivity contribution in [1.29, 1.82) is 0 Å². The third kappa shape index (κ3) is 6.03. The summed E-state index contributed by atoms with van der Waals surface area (Å²) in [6, 6.07) is 0.220. The van der Waals surface area contributed by atoms with Gasteiger partial charge in [0.05, 0.1) is 13.2 Å². The van der Waals surface area contributed by atoms with Crippen LogP contribution in [0.25, 0.3) is 0 Å². The second-order valence-corrected chi connectivity index (χ2v) is 5.01. The molecule has 0 saturated carbocycles. The molecule has 0 aromatic carbocycles. The normalized spacial score (nSPS) is 16.6. The van der Waals surface area contributed by atoms with Crippen LogP contribution in [0.1, 0.15) is 47.5 Å². The summed E-state index contributed by atoms with van der Waals surface area (Å²) in [6.45, 7) is 10.7. The average molecular weight is 245 g/mol. The van der Waals surface area contributed by atoms with E-state index in [9.17, 15) is 4.79 Å². The van der Waals surface area contributed by atoms with Gasteiger partial charge in [-0.2, -0.15) is 0 Å². The zero-order valence-corrected chi connectivity index (χ0v) is 12.0. The van der Waals surface area contributed by atoms with Gasteiger partial charge < -0.3 is 9.47 Å². The Morgan fingerprint density at radius 2 is 1.94 bits per heavy atom. The zero-order chi connectivity index (χ0) is 13.5. The summed E-state index contributed by atoms with van der Waals surface area (Å²) in [4.78, 5) is 11.8. The Balaban J connectivity index is 4.52. The molecular formula is C13H27NO3. The van der Waals surface area contributed by atoms with Crippen molar-refractivity contribution in [2.75, 3.05) is 13.7 Å². The Hall–Kier alpha value is -0.610. The number of esters is 1. The summed E-state index contributed by atoms with van der Waals surface area (Å²) in [5.74, 6) is -0.238. The molecule has 0 aliphatic heterocycles. The molecule has 0 aromatic heterocycles. The predicted molar refractivity (Wildman–Crippen MR) is 69.0 cm³/mol. The van der Waals surface area contributed by atoms with Crippen LogP contribution >= 0.6 is 0 Å². The Bertz CT molecular complexity index is 231. The van der Waals surface area contributed by atoms with Crippen molar-refractivity contribution in [2.24, 2.45) is 0 Å². The molecule has 2 unspecified atom stereocenters. The summed E-state index contributed by atoms with van der Waals surface area (Å²) in [6.07, 6.45) is 1.62. The summed E-state index contributed by atoms with van der Waals surface area (Å²) in [5.41, 5.74) is -0.684.